The predicted octanol–water partition coefficient (Wildman–Crippen LogP) is 3.87. The van der Waals surface area contributed by atoms with Gasteiger partial charge in [0.25, 0.3) is 5.91 Å². The van der Waals surface area contributed by atoms with Crippen molar-refractivity contribution in [2.24, 2.45) is 0 Å². The number of carbonyl (C=O) groups is 1. The minimum absolute atomic E-state index is 0.128. The molecule has 5 nitrogen and oxygen atoms in total. The van der Waals surface area contributed by atoms with Gasteiger partial charge in [-0.25, -0.2) is 0 Å². The first kappa shape index (κ1) is 17.1. The number of fused-ring (bicyclic) bond motifs is 1. The van der Waals surface area contributed by atoms with Gasteiger partial charge in [-0.3, -0.25) is 4.79 Å². The van der Waals surface area contributed by atoms with E-state index < -0.39 is 0 Å². The van der Waals surface area contributed by atoms with Crippen molar-refractivity contribution in [3.8, 4) is 17.2 Å². The van der Waals surface area contributed by atoms with Crippen LogP contribution in [0.2, 0.25) is 0 Å². The van der Waals surface area contributed by atoms with Gasteiger partial charge < -0.3 is 19.5 Å². The highest BCUT2D eigenvalue weighted by Crippen LogP contribution is 2.42. The van der Waals surface area contributed by atoms with Crippen LogP contribution in [0.4, 0.5) is 5.69 Å². The van der Waals surface area contributed by atoms with Gasteiger partial charge in [0, 0.05) is 17.7 Å². The molecule has 5 heteroatoms. The molecule has 1 amide bonds. The Bertz CT molecular complexity index is 790. The molecule has 0 saturated carbocycles. The number of aromatic hydroxyl groups is 1. The van der Waals surface area contributed by atoms with Crippen molar-refractivity contribution in [1.29, 1.82) is 0 Å². The summed E-state index contributed by atoms with van der Waals surface area (Å²) in [6.07, 6.45) is 0.850. The summed E-state index contributed by atoms with van der Waals surface area (Å²) in [6.45, 7) is 4.55. The maximum atomic E-state index is 13.2. The lowest BCUT2D eigenvalue weighted by molar-refractivity contribution is 0.0983. The fourth-order valence-electron chi connectivity index (χ4n) is 3.40. The minimum atomic E-state index is -0.175. The molecule has 1 aliphatic heterocycles. The van der Waals surface area contributed by atoms with E-state index in [4.69, 9.17) is 9.47 Å². The molecule has 1 aliphatic rings. The molecule has 0 aliphatic carbocycles. The van der Waals surface area contributed by atoms with Crippen LogP contribution in [0.15, 0.2) is 30.3 Å². The smallest absolute Gasteiger partial charge is 0.258 e. The number of para-hydroxylation sites is 1. The Kier molecular flexibility index (Phi) is 4.57. The van der Waals surface area contributed by atoms with E-state index in [-0.39, 0.29) is 11.7 Å². The zero-order valence-electron chi connectivity index (χ0n) is 15.0. The van der Waals surface area contributed by atoms with Crippen LogP contribution < -0.4 is 14.4 Å². The Labute approximate surface area is 147 Å². The molecule has 0 radical (unpaired) electrons. The number of ether oxygens (including phenoxy) is 2. The lowest BCUT2D eigenvalue weighted by atomic mass is 9.90. The van der Waals surface area contributed by atoms with Gasteiger partial charge in [-0.15, -0.1) is 0 Å². The largest absolute Gasteiger partial charge is 0.506 e. The van der Waals surface area contributed by atoms with E-state index in [1.165, 1.54) is 0 Å². The molecule has 1 heterocycles. The third kappa shape index (κ3) is 2.90. The second-order valence-electron chi connectivity index (χ2n) is 6.37. The van der Waals surface area contributed by atoms with Crippen molar-refractivity contribution in [1.82, 2.24) is 0 Å². The zero-order valence-corrected chi connectivity index (χ0v) is 15.0. The number of phenols is 1. The Morgan fingerprint density at radius 3 is 2.44 bits per heavy atom. The maximum Gasteiger partial charge on any atom is 0.258 e. The van der Waals surface area contributed by atoms with Gasteiger partial charge in [0.1, 0.15) is 17.2 Å². The van der Waals surface area contributed by atoms with Gasteiger partial charge in [0.2, 0.25) is 0 Å². The van der Waals surface area contributed by atoms with E-state index in [1.807, 2.05) is 19.1 Å². The lowest BCUT2D eigenvalue weighted by Gasteiger charge is -2.33. The highest BCUT2D eigenvalue weighted by atomic mass is 16.5. The first-order valence-electron chi connectivity index (χ1n) is 8.34. The summed E-state index contributed by atoms with van der Waals surface area (Å²) >= 11 is 0. The molecule has 0 aromatic heterocycles. The summed E-state index contributed by atoms with van der Waals surface area (Å²) in [5.41, 5.74) is 2.91. The fraction of sp³-hybridized carbons (Fsp3) is 0.350. The van der Waals surface area contributed by atoms with Crippen LogP contribution in [0.25, 0.3) is 0 Å². The van der Waals surface area contributed by atoms with Crippen molar-refractivity contribution in [2.45, 2.75) is 26.2 Å². The fourth-order valence-corrected chi connectivity index (χ4v) is 3.40. The van der Waals surface area contributed by atoms with Crippen LogP contribution in [0.1, 0.15) is 40.7 Å². The molecule has 132 valence electrons. The van der Waals surface area contributed by atoms with E-state index in [9.17, 15) is 9.90 Å². The molecule has 2 aromatic rings. The van der Waals surface area contributed by atoms with E-state index in [0.717, 1.165) is 17.5 Å². The number of hydrogen-bond acceptors (Lipinski definition) is 4. The van der Waals surface area contributed by atoms with Crippen LogP contribution in [-0.4, -0.2) is 31.8 Å². The number of amides is 1. The molecular weight excluding hydrogens is 318 g/mol. The van der Waals surface area contributed by atoms with Crippen LogP contribution in [0.5, 0.6) is 17.2 Å². The van der Waals surface area contributed by atoms with Crippen LogP contribution in [0, 0.1) is 6.92 Å². The lowest BCUT2D eigenvalue weighted by Crippen LogP contribution is -2.36. The Hall–Kier alpha value is -2.69. The second-order valence-corrected chi connectivity index (χ2v) is 6.37. The number of rotatable bonds is 3. The second kappa shape index (κ2) is 6.67. The van der Waals surface area contributed by atoms with Crippen LogP contribution in [-0.2, 0) is 0 Å². The topological polar surface area (TPSA) is 59.0 Å². The average Bonchev–Trinajstić information content (AvgIpc) is 2.62. The van der Waals surface area contributed by atoms with E-state index >= 15 is 0 Å². The quantitative estimate of drug-likeness (QED) is 0.921. The maximum absolute atomic E-state index is 13.2. The van der Waals surface area contributed by atoms with E-state index in [0.29, 0.717) is 35.2 Å². The molecule has 0 spiro atoms. The molecule has 0 fully saturated rings. The Morgan fingerprint density at radius 2 is 1.84 bits per heavy atom. The van der Waals surface area contributed by atoms with Crippen molar-refractivity contribution in [3.63, 3.8) is 0 Å². The Morgan fingerprint density at radius 1 is 1.20 bits per heavy atom. The van der Waals surface area contributed by atoms with Crippen molar-refractivity contribution in [3.05, 3.63) is 47.0 Å². The van der Waals surface area contributed by atoms with Gasteiger partial charge in [0.05, 0.1) is 19.9 Å². The summed E-state index contributed by atoms with van der Waals surface area (Å²) in [4.78, 5) is 14.8. The van der Waals surface area contributed by atoms with Crippen LogP contribution in [0.3, 0.4) is 0 Å². The molecule has 2 aromatic carbocycles. The predicted molar refractivity (Wildman–Crippen MR) is 97.1 cm³/mol. The molecular formula is C20H23NO4. The first-order chi connectivity index (χ1) is 12.0. The van der Waals surface area contributed by atoms with Gasteiger partial charge in [-0.2, -0.15) is 0 Å². The van der Waals surface area contributed by atoms with Crippen molar-refractivity contribution >= 4 is 11.6 Å². The van der Waals surface area contributed by atoms with Gasteiger partial charge in [-0.05, 0) is 43.0 Å². The molecule has 1 atom stereocenters. The summed E-state index contributed by atoms with van der Waals surface area (Å²) in [5.74, 6) is 1.46. The van der Waals surface area contributed by atoms with E-state index in [1.54, 1.807) is 37.3 Å². The Balaban J connectivity index is 2.07. The minimum Gasteiger partial charge on any atom is -0.506 e. The first-order valence-corrected chi connectivity index (χ1v) is 8.34. The number of hydrogen-bond donors (Lipinski definition) is 1. The van der Waals surface area contributed by atoms with Gasteiger partial charge >= 0.3 is 0 Å². The van der Waals surface area contributed by atoms with Gasteiger partial charge in [-0.1, -0.05) is 19.1 Å². The van der Waals surface area contributed by atoms with Crippen molar-refractivity contribution in [2.75, 3.05) is 25.7 Å². The summed E-state index contributed by atoms with van der Waals surface area (Å²) in [5, 5.41) is 10.3. The molecule has 3 rings (SSSR count). The van der Waals surface area contributed by atoms with Gasteiger partial charge in [0.15, 0.2) is 0 Å². The average molecular weight is 341 g/mol. The summed E-state index contributed by atoms with van der Waals surface area (Å²) < 4.78 is 10.8. The van der Waals surface area contributed by atoms with Crippen LogP contribution >= 0.6 is 0 Å². The summed E-state index contributed by atoms with van der Waals surface area (Å²) in [7, 11) is 3.14. The monoisotopic (exact) mass is 341 g/mol. The third-order valence-electron chi connectivity index (χ3n) is 4.88. The standard InChI is InChI=1S/C20H23NO4/c1-12-8-9-21(19-15(12)6-5-7-16(19)22)20(23)14-10-17(24-3)13(2)18(11-14)25-4/h5-7,10-12,22H,8-9H2,1-4H3. The molecule has 1 unspecified atom stereocenters. The van der Waals surface area contributed by atoms with E-state index in [2.05, 4.69) is 6.92 Å². The SMILES string of the molecule is COc1cc(C(=O)N2CCC(C)c3cccc(O)c32)cc(OC)c1C. The highest BCUT2D eigenvalue weighted by molar-refractivity contribution is 6.08. The number of phenolic OH excluding ortho intramolecular Hbond substituents is 1. The number of nitrogens with zero attached hydrogens (tertiary/aromatic N) is 1. The number of anilines is 1. The number of carbonyl (C=O) groups excluding carboxylic acids is 1. The summed E-state index contributed by atoms with van der Waals surface area (Å²) in [6, 6.07) is 8.84. The molecule has 0 bridgehead atoms. The zero-order chi connectivity index (χ0) is 18.1. The molecule has 1 N–H and O–H groups in total. The normalized spacial score (nSPS) is 16.3. The highest BCUT2D eigenvalue weighted by Gasteiger charge is 2.30. The number of benzene rings is 2. The number of methoxy groups -OCH3 is 2. The van der Waals surface area contributed by atoms with Crippen molar-refractivity contribution < 1.29 is 19.4 Å². The molecule has 25 heavy (non-hydrogen) atoms. The molecule has 0 saturated heterocycles. The third-order valence-corrected chi connectivity index (χ3v) is 4.88.